The van der Waals surface area contributed by atoms with Gasteiger partial charge in [-0.15, -0.1) is 0 Å². The van der Waals surface area contributed by atoms with Gasteiger partial charge in [0.1, 0.15) is 4.32 Å². The number of nitro groups is 1. The lowest BCUT2D eigenvalue weighted by molar-refractivity contribution is -0.384. The van der Waals surface area contributed by atoms with Crippen LogP contribution in [0.25, 0.3) is 6.08 Å². The molecule has 13 heteroatoms. The Hall–Kier alpha value is -3.97. The van der Waals surface area contributed by atoms with Gasteiger partial charge in [0, 0.05) is 30.7 Å². The standard InChI is InChI=1S/C23H22N4O7S2/c1-33-17-10-5-14(12-18(17)34-2)13-19-22(30)26(23(35)36-19)11-3-4-20(28)24-25-21(29)15-6-8-16(9-7-15)27(31)32/h5-10,12-13H,3-4,11H2,1-2H3,(H,24,28)(H,25,29)/b19-13-. The Labute approximate surface area is 215 Å². The molecular weight excluding hydrogens is 508 g/mol. The first-order chi connectivity index (χ1) is 17.2. The van der Waals surface area contributed by atoms with E-state index in [-0.39, 0.29) is 30.1 Å². The molecule has 1 aliphatic rings. The molecule has 2 N–H and O–H groups in total. The SMILES string of the molecule is COc1ccc(/C=C2\SC(=S)N(CCCC(=O)NNC(=O)c3ccc([N+](=O)[O-])cc3)C2=O)cc1OC. The highest BCUT2D eigenvalue weighted by Crippen LogP contribution is 2.34. The smallest absolute Gasteiger partial charge is 0.269 e. The van der Waals surface area contributed by atoms with Crippen LogP contribution in [0.5, 0.6) is 11.5 Å². The monoisotopic (exact) mass is 530 g/mol. The summed E-state index contributed by atoms with van der Waals surface area (Å²) in [6.07, 6.45) is 2.06. The van der Waals surface area contributed by atoms with Crippen LogP contribution >= 0.6 is 24.0 Å². The number of non-ortho nitro benzene ring substituents is 1. The van der Waals surface area contributed by atoms with Crippen LogP contribution in [0, 0.1) is 10.1 Å². The second-order valence-electron chi connectivity index (χ2n) is 7.36. The highest BCUT2D eigenvalue weighted by atomic mass is 32.2. The summed E-state index contributed by atoms with van der Waals surface area (Å²) >= 11 is 6.50. The van der Waals surface area contributed by atoms with Gasteiger partial charge in [0.2, 0.25) is 5.91 Å². The van der Waals surface area contributed by atoms with Gasteiger partial charge in [0.15, 0.2) is 11.5 Å². The van der Waals surface area contributed by atoms with Crippen LogP contribution in [-0.4, -0.2) is 52.6 Å². The number of ether oxygens (including phenoxy) is 2. The number of thioether (sulfide) groups is 1. The molecule has 0 aliphatic carbocycles. The molecule has 11 nitrogen and oxygen atoms in total. The Morgan fingerprint density at radius 2 is 1.81 bits per heavy atom. The molecule has 3 amide bonds. The summed E-state index contributed by atoms with van der Waals surface area (Å²) in [6.45, 7) is 0.234. The van der Waals surface area contributed by atoms with E-state index in [4.69, 9.17) is 21.7 Å². The van der Waals surface area contributed by atoms with E-state index in [1.54, 1.807) is 24.3 Å². The Kier molecular flexibility index (Phi) is 8.97. The lowest BCUT2D eigenvalue weighted by Gasteiger charge is -2.14. The number of nitrogens with one attached hydrogen (secondary N) is 2. The Morgan fingerprint density at radius 1 is 1.11 bits per heavy atom. The summed E-state index contributed by atoms with van der Waals surface area (Å²) in [6, 6.07) is 10.2. The number of methoxy groups -OCH3 is 2. The highest BCUT2D eigenvalue weighted by Gasteiger charge is 2.31. The molecule has 3 rings (SSSR count). The molecule has 36 heavy (non-hydrogen) atoms. The number of hydrogen-bond acceptors (Lipinski definition) is 9. The van der Waals surface area contributed by atoms with Gasteiger partial charge in [-0.3, -0.25) is 40.2 Å². The van der Waals surface area contributed by atoms with E-state index in [0.29, 0.717) is 27.1 Å². The Morgan fingerprint density at radius 3 is 2.44 bits per heavy atom. The van der Waals surface area contributed by atoms with Crippen LogP contribution in [0.3, 0.4) is 0 Å². The third-order valence-corrected chi connectivity index (χ3v) is 6.40. The fraction of sp³-hybridized carbons (Fsp3) is 0.217. The molecule has 1 heterocycles. The van der Waals surface area contributed by atoms with Crippen LogP contribution in [-0.2, 0) is 9.59 Å². The first kappa shape index (κ1) is 26.6. The zero-order valence-corrected chi connectivity index (χ0v) is 20.9. The Bertz CT molecular complexity index is 1230. The van der Waals surface area contributed by atoms with Crippen molar-refractivity contribution in [2.24, 2.45) is 0 Å². The quantitative estimate of drug-likeness (QED) is 0.217. The van der Waals surface area contributed by atoms with Crippen LogP contribution < -0.4 is 20.3 Å². The van der Waals surface area contributed by atoms with Crippen molar-refractivity contribution in [3.63, 3.8) is 0 Å². The predicted octanol–water partition coefficient (Wildman–Crippen LogP) is 3.05. The number of rotatable bonds is 9. The van der Waals surface area contributed by atoms with Crippen molar-refractivity contribution < 1.29 is 28.8 Å². The van der Waals surface area contributed by atoms with Crippen molar-refractivity contribution in [2.45, 2.75) is 12.8 Å². The van der Waals surface area contributed by atoms with Crippen molar-refractivity contribution in [3.8, 4) is 11.5 Å². The second-order valence-corrected chi connectivity index (χ2v) is 9.03. The van der Waals surface area contributed by atoms with Crippen molar-refractivity contribution >= 4 is 57.8 Å². The van der Waals surface area contributed by atoms with Gasteiger partial charge in [-0.05, 0) is 42.3 Å². The van der Waals surface area contributed by atoms with E-state index < -0.39 is 16.7 Å². The zero-order chi connectivity index (χ0) is 26.2. The summed E-state index contributed by atoms with van der Waals surface area (Å²) < 4.78 is 10.9. The van der Waals surface area contributed by atoms with E-state index >= 15 is 0 Å². The van der Waals surface area contributed by atoms with Crippen molar-refractivity contribution in [3.05, 3.63) is 68.6 Å². The summed E-state index contributed by atoms with van der Waals surface area (Å²) in [5, 5.41) is 10.7. The number of thiocarbonyl (C=S) groups is 1. The van der Waals surface area contributed by atoms with Gasteiger partial charge in [-0.2, -0.15) is 0 Å². The molecule has 0 atom stereocenters. The minimum Gasteiger partial charge on any atom is -0.493 e. The first-order valence-electron chi connectivity index (χ1n) is 10.5. The average Bonchev–Trinajstić information content (AvgIpc) is 3.14. The van der Waals surface area contributed by atoms with Crippen molar-refractivity contribution in [1.82, 2.24) is 15.8 Å². The summed E-state index contributed by atoms with van der Waals surface area (Å²) in [5.74, 6) is -0.225. The predicted molar refractivity (Wildman–Crippen MR) is 137 cm³/mol. The molecule has 0 radical (unpaired) electrons. The van der Waals surface area contributed by atoms with Gasteiger partial charge in [0.05, 0.1) is 24.0 Å². The Balaban J connectivity index is 1.48. The zero-order valence-electron chi connectivity index (χ0n) is 19.3. The van der Waals surface area contributed by atoms with E-state index in [1.807, 2.05) is 0 Å². The summed E-state index contributed by atoms with van der Waals surface area (Å²) in [5.41, 5.74) is 5.28. The molecule has 0 bridgehead atoms. The normalized spacial score (nSPS) is 14.1. The maximum absolute atomic E-state index is 12.8. The number of amides is 3. The van der Waals surface area contributed by atoms with Crippen LogP contribution in [0.4, 0.5) is 5.69 Å². The molecule has 0 spiro atoms. The number of benzene rings is 2. The number of hydrazine groups is 1. The van der Waals surface area contributed by atoms with Crippen LogP contribution in [0.15, 0.2) is 47.4 Å². The number of nitro benzene ring substituents is 1. The van der Waals surface area contributed by atoms with Crippen LogP contribution in [0.2, 0.25) is 0 Å². The molecule has 2 aromatic rings. The fourth-order valence-corrected chi connectivity index (χ4v) is 4.49. The van der Waals surface area contributed by atoms with Crippen molar-refractivity contribution in [1.29, 1.82) is 0 Å². The van der Waals surface area contributed by atoms with Gasteiger partial charge in [0.25, 0.3) is 17.5 Å². The molecule has 0 aromatic heterocycles. The topological polar surface area (TPSA) is 140 Å². The molecule has 188 valence electrons. The third-order valence-electron chi connectivity index (χ3n) is 5.02. The lowest BCUT2D eigenvalue weighted by atomic mass is 10.2. The van der Waals surface area contributed by atoms with E-state index in [2.05, 4.69) is 10.9 Å². The van der Waals surface area contributed by atoms with Gasteiger partial charge < -0.3 is 9.47 Å². The van der Waals surface area contributed by atoms with Crippen molar-refractivity contribution in [2.75, 3.05) is 20.8 Å². The number of nitrogens with zero attached hydrogens (tertiary/aromatic N) is 2. The molecule has 1 saturated heterocycles. The van der Waals surface area contributed by atoms with Crippen LogP contribution in [0.1, 0.15) is 28.8 Å². The van der Waals surface area contributed by atoms with Gasteiger partial charge in [-0.25, -0.2) is 0 Å². The number of hydrogen-bond donors (Lipinski definition) is 2. The summed E-state index contributed by atoms with van der Waals surface area (Å²) in [7, 11) is 3.06. The minimum absolute atomic E-state index is 0.0341. The molecule has 0 saturated carbocycles. The molecular formula is C23H22N4O7S2. The number of carbonyl (C=O) groups excluding carboxylic acids is 3. The molecule has 1 fully saturated rings. The maximum Gasteiger partial charge on any atom is 0.269 e. The van der Waals surface area contributed by atoms with Gasteiger partial charge in [-0.1, -0.05) is 30.0 Å². The van der Waals surface area contributed by atoms with Gasteiger partial charge >= 0.3 is 0 Å². The number of carbonyl (C=O) groups is 3. The summed E-state index contributed by atoms with van der Waals surface area (Å²) in [4.78, 5) is 48.9. The highest BCUT2D eigenvalue weighted by molar-refractivity contribution is 8.26. The second kappa shape index (κ2) is 12.1. The third kappa shape index (κ3) is 6.58. The van der Waals surface area contributed by atoms with E-state index in [1.165, 1.54) is 55.1 Å². The van der Waals surface area contributed by atoms with E-state index in [0.717, 1.165) is 5.56 Å². The maximum atomic E-state index is 12.8. The largest absolute Gasteiger partial charge is 0.493 e. The first-order valence-corrected chi connectivity index (χ1v) is 11.8. The molecule has 0 unspecified atom stereocenters. The van der Waals surface area contributed by atoms with E-state index in [9.17, 15) is 24.5 Å². The fourth-order valence-electron chi connectivity index (χ4n) is 3.18. The minimum atomic E-state index is -0.615. The molecule has 1 aliphatic heterocycles. The average molecular weight is 531 g/mol. The lowest BCUT2D eigenvalue weighted by Crippen LogP contribution is -2.41. The molecule has 2 aromatic carbocycles.